The van der Waals surface area contributed by atoms with Crippen LogP contribution >= 0.6 is 11.8 Å². The van der Waals surface area contributed by atoms with Gasteiger partial charge in [0.2, 0.25) is 0 Å². The second kappa shape index (κ2) is 6.73. The minimum Gasteiger partial charge on any atom is -0.349 e. The van der Waals surface area contributed by atoms with Gasteiger partial charge in [0.25, 0.3) is 5.91 Å². The van der Waals surface area contributed by atoms with Gasteiger partial charge in [-0.1, -0.05) is 6.42 Å². The topological polar surface area (TPSA) is 29.1 Å². The Hall–Kier alpha value is -1.17. The summed E-state index contributed by atoms with van der Waals surface area (Å²) in [5.74, 6) is -1.59. The fraction of sp³-hybridized carbons (Fsp3) is 0.533. The van der Waals surface area contributed by atoms with Crippen molar-refractivity contribution in [1.29, 1.82) is 0 Å². The molecule has 1 fully saturated rings. The fourth-order valence-electron chi connectivity index (χ4n) is 2.63. The van der Waals surface area contributed by atoms with Crippen molar-refractivity contribution >= 4 is 17.7 Å². The molecule has 21 heavy (non-hydrogen) atoms. The average molecular weight is 317 g/mol. The van der Waals surface area contributed by atoms with Crippen LogP contribution in [0.5, 0.6) is 0 Å². The molecule has 1 amide bonds. The van der Waals surface area contributed by atoms with E-state index in [0.29, 0.717) is 18.4 Å². The summed E-state index contributed by atoms with van der Waals surface area (Å²) in [4.78, 5) is 13.1. The molecule has 2 atom stereocenters. The molecule has 0 heterocycles. The summed E-state index contributed by atoms with van der Waals surface area (Å²) in [6, 6.07) is 6.67. The zero-order valence-electron chi connectivity index (χ0n) is 11.7. The smallest absolute Gasteiger partial charge is 0.349 e. The number of halogens is 3. The Morgan fingerprint density at radius 2 is 1.90 bits per heavy atom. The van der Waals surface area contributed by atoms with Crippen molar-refractivity contribution < 1.29 is 18.0 Å². The van der Waals surface area contributed by atoms with Crippen LogP contribution in [-0.4, -0.2) is 24.4 Å². The molecule has 0 saturated heterocycles. The number of hydrogen-bond donors (Lipinski definition) is 1. The highest BCUT2D eigenvalue weighted by atomic mass is 32.2. The van der Waals surface area contributed by atoms with Crippen molar-refractivity contribution in [1.82, 2.24) is 5.32 Å². The maximum atomic E-state index is 12.7. The zero-order chi connectivity index (χ0) is 15.5. The number of hydrogen-bond acceptors (Lipinski definition) is 2. The maximum absolute atomic E-state index is 12.7. The van der Waals surface area contributed by atoms with E-state index in [-0.39, 0.29) is 18.7 Å². The molecule has 0 bridgehead atoms. The molecule has 1 aliphatic rings. The Bertz CT molecular complexity index is 487. The first-order chi connectivity index (χ1) is 9.90. The molecule has 1 aliphatic carbocycles. The van der Waals surface area contributed by atoms with Crippen molar-refractivity contribution in [3.05, 3.63) is 29.8 Å². The fourth-order valence-corrected chi connectivity index (χ4v) is 3.04. The predicted molar refractivity (Wildman–Crippen MR) is 77.5 cm³/mol. The van der Waals surface area contributed by atoms with Crippen LogP contribution in [-0.2, 0) is 0 Å². The number of carbonyl (C=O) groups excluding carboxylic acids is 1. The van der Waals surface area contributed by atoms with Gasteiger partial charge in [-0.25, -0.2) is 0 Å². The second-order valence-electron chi connectivity index (χ2n) is 5.30. The van der Waals surface area contributed by atoms with Crippen LogP contribution in [0.1, 0.15) is 36.0 Å². The molecule has 0 aromatic heterocycles. The van der Waals surface area contributed by atoms with E-state index in [1.807, 2.05) is 18.4 Å². The van der Waals surface area contributed by atoms with Crippen molar-refractivity contribution in [3.63, 3.8) is 0 Å². The molecule has 2 unspecified atom stereocenters. The van der Waals surface area contributed by atoms with Crippen molar-refractivity contribution in [2.45, 2.75) is 42.8 Å². The molecule has 116 valence electrons. The van der Waals surface area contributed by atoms with Crippen LogP contribution in [0.2, 0.25) is 0 Å². The molecule has 0 spiro atoms. The van der Waals surface area contributed by atoms with Gasteiger partial charge in [-0.2, -0.15) is 13.2 Å². The summed E-state index contributed by atoms with van der Waals surface area (Å²) in [6.07, 6.45) is -0.962. The highest BCUT2D eigenvalue weighted by Crippen LogP contribution is 2.37. The van der Waals surface area contributed by atoms with Crippen molar-refractivity contribution in [3.8, 4) is 0 Å². The number of nitrogens with one attached hydrogen (secondary N) is 1. The van der Waals surface area contributed by atoms with Gasteiger partial charge in [0.1, 0.15) is 0 Å². The summed E-state index contributed by atoms with van der Waals surface area (Å²) in [7, 11) is 0. The third-order valence-electron chi connectivity index (χ3n) is 3.82. The Labute approximate surface area is 126 Å². The molecular formula is C15H18F3NOS. The van der Waals surface area contributed by atoms with Gasteiger partial charge in [-0.05, 0) is 49.8 Å². The zero-order valence-corrected chi connectivity index (χ0v) is 12.6. The van der Waals surface area contributed by atoms with Crippen LogP contribution in [0.25, 0.3) is 0 Å². The second-order valence-corrected chi connectivity index (χ2v) is 6.18. The van der Waals surface area contributed by atoms with E-state index in [4.69, 9.17) is 0 Å². The molecular weight excluding hydrogens is 299 g/mol. The monoisotopic (exact) mass is 317 g/mol. The van der Waals surface area contributed by atoms with E-state index in [1.54, 1.807) is 23.9 Å². The van der Waals surface area contributed by atoms with Gasteiger partial charge in [0.05, 0.1) is 5.92 Å². The molecule has 1 saturated carbocycles. The van der Waals surface area contributed by atoms with Gasteiger partial charge in [0, 0.05) is 16.5 Å². The van der Waals surface area contributed by atoms with E-state index in [0.717, 1.165) is 4.90 Å². The molecule has 0 radical (unpaired) electrons. The van der Waals surface area contributed by atoms with Crippen LogP contribution in [0, 0.1) is 5.92 Å². The number of alkyl halides is 3. The summed E-state index contributed by atoms with van der Waals surface area (Å²) < 4.78 is 38.2. The molecule has 2 nitrogen and oxygen atoms in total. The molecule has 1 N–H and O–H groups in total. The third-order valence-corrected chi connectivity index (χ3v) is 4.57. The van der Waals surface area contributed by atoms with Gasteiger partial charge in [0.15, 0.2) is 0 Å². The average Bonchev–Trinajstić information content (AvgIpc) is 2.47. The van der Waals surface area contributed by atoms with Gasteiger partial charge < -0.3 is 5.32 Å². The standard InChI is InChI=1S/C15H18F3NOS/c1-21-13-7-5-10(6-8-13)14(20)19-12-4-2-3-11(9-12)15(16,17)18/h5-8,11-12H,2-4,9H2,1H3,(H,19,20). The normalized spacial score (nSPS) is 22.9. The van der Waals surface area contributed by atoms with Crippen LogP contribution in [0.3, 0.4) is 0 Å². The lowest BCUT2D eigenvalue weighted by molar-refractivity contribution is -0.183. The Balaban J connectivity index is 1.95. The highest BCUT2D eigenvalue weighted by molar-refractivity contribution is 7.98. The quantitative estimate of drug-likeness (QED) is 0.844. The Morgan fingerprint density at radius 1 is 1.24 bits per heavy atom. The summed E-state index contributed by atoms with van der Waals surface area (Å²) >= 11 is 1.57. The first kappa shape index (κ1) is 16.2. The third kappa shape index (κ3) is 4.40. The van der Waals surface area contributed by atoms with Gasteiger partial charge in [-0.15, -0.1) is 11.8 Å². The Kier molecular flexibility index (Phi) is 5.19. The molecule has 1 aromatic carbocycles. The van der Waals surface area contributed by atoms with Gasteiger partial charge in [-0.3, -0.25) is 4.79 Å². The van der Waals surface area contributed by atoms with E-state index >= 15 is 0 Å². The van der Waals surface area contributed by atoms with Crippen LogP contribution in [0.4, 0.5) is 13.2 Å². The first-order valence-corrected chi connectivity index (χ1v) is 8.14. The predicted octanol–water partition coefficient (Wildman–Crippen LogP) is 4.26. The summed E-state index contributed by atoms with van der Waals surface area (Å²) in [5.41, 5.74) is 0.488. The first-order valence-electron chi connectivity index (χ1n) is 6.92. The van der Waals surface area contributed by atoms with Crippen molar-refractivity contribution in [2.75, 3.05) is 6.26 Å². The minimum atomic E-state index is -4.16. The van der Waals surface area contributed by atoms with Gasteiger partial charge >= 0.3 is 6.18 Å². The molecule has 6 heteroatoms. The number of amides is 1. The summed E-state index contributed by atoms with van der Waals surface area (Å²) in [5, 5.41) is 2.73. The van der Waals surface area contributed by atoms with Crippen molar-refractivity contribution in [2.24, 2.45) is 5.92 Å². The number of thioether (sulfide) groups is 1. The highest BCUT2D eigenvalue weighted by Gasteiger charge is 2.42. The largest absolute Gasteiger partial charge is 0.391 e. The lowest BCUT2D eigenvalue weighted by Gasteiger charge is -2.31. The number of benzene rings is 1. The van der Waals surface area contributed by atoms with Crippen LogP contribution < -0.4 is 5.32 Å². The molecule has 2 rings (SSSR count). The number of carbonyl (C=O) groups is 1. The minimum absolute atomic E-state index is 0.0157. The van der Waals surface area contributed by atoms with E-state index < -0.39 is 18.1 Å². The SMILES string of the molecule is CSc1ccc(C(=O)NC2CCCC(C(F)(F)F)C2)cc1. The van der Waals surface area contributed by atoms with E-state index in [1.165, 1.54) is 0 Å². The Morgan fingerprint density at radius 3 is 2.48 bits per heavy atom. The summed E-state index contributed by atoms with van der Waals surface area (Å²) in [6.45, 7) is 0. The lowest BCUT2D eigenvalue weighted by atomic mass is 9.85. The van der Waals surface area contributed by atoms with E-state index in [9.17, 15) is 18.0 Å². The maximum Gasteiger partial charge on any atom is 0.391 e. The number of rotatable bonds is 3. The molecule has 1 aromatic rings. The lowest BCUT2D eigenvalue weighted by Crippen LogP contribution is -2.41. The van der Waals surface area contributed by atoms with Crippen LogP contribution in [0.15, 0.2) is 29.2 Å². The van der Waals surface area contributed by atoms with E-state index in [2.05, 4.69) is 5.32 Å². The molecule has 0 aliphatic heterocycles.